The Labute approximate surface area is 150 Å². The van der Waals surface area contributed by atoms with Crippen molar-refractivity contribution in [3.8, 4) is 0 Å². The molecule has 1 aromatic heterocycles. The van der Waals surface area contributed by atoms with Crippen LogP contribution < -0.4 is 10.2 Å². The molecule has 1 amide bonds. The van der Waals surface area contributed by atoms with Crippen LogP contribution in [0, 0.1) is 6.92 Å². The SMILES string of the molecule is Cc1ccc(NC(=O)c2ccc(N3CCCCCC3)nn2)c(Br)c1. The number of hydrogen-bond donors (Lipinski definition) is 1. The zero-order valence-electron chi connectivity index (χ0n) is 13.8. The van der Waals surface area contributed by atoms with Crippen LogP contribution in [0.25, 0.3) is 0 Å². The van der Waals surface area contributed by atoms with Gasteiger partial charge in [-0.3, -0.25) is 4.79 Å². The molecule has 2 aromatic rings. The highest BCUT2D eigenvalue weighted by molar-refractivity contribution is 9.10. The third kappa shape index (κ3) is 4.12. The van der Waals surface area contributed by atoms with Crippen molar-refractivity contribution in [3.05, 3.63) is 46.1 Å². The molecule has 24 heavy (non-hydrogen) atoms. The molecule has 1 aliphatic heterocycles. The summed E-state index contributed by atoms with van der Waals surface area (Å²) in [4.78, 5) is 14.6. The van der Waals surface area contributed by atoms with Crippen LogP contribution >= 0.6 is 15.9 Å². The highest BCUT2D eigenvalue weighted by Gasteiger charge is 2.14. The van der Waals surface area contributed by atoms with Crippen molar-refractivity contribution >= 4 is 33.3 Å². The summed E-state index contributed by atoms with van der Waals surface area (Å²) in [6.45, 7) is 4.02. The summed E-state index contributed by atoms with van der Waals surface area (Å²) in [5, 5.41) is 11.2. The number of carbonyl (C=O) groups is 1. The molecule has 1 aromatic carbocycles. The van der Waals surface area contributed by atoms with Gasteiger partial charge in [-0.05, 0) is 65.5 Å². The first-order valence-corrected chi connectivity index (χ1v) is 9.09. The van der Waals surface area contributed by atoms with Gasteiger partial charge in [-0.25, -0.2) is 0 Å². The first kappa shape index (κ1) is 16.9. The molecule has 0 radical (unpaired) electrons. The van der Waals surface area contributed by atoms with E-state index in [2.05, 4.69) is 36.3 Å². The molecule has 2 heterocycles. The van der Waals surface area contributed by atoms with E-state index >= 15 is 0 Å². The third-order valence-electron chi connectivity index (χ3n) is 4.19. The Hall–Kier alpha value is -1.95. The van der Waals surface area contributed by atoms with Crippen molar-refractivity contribution in [1.29, 1.82) is 0 Å². The van der Waals surface area contributed by atoms with Crippen LogP contribution in [0.2, 0.25) is 0 Å². The number of carbonyl (C=O) groups excluding carboxylic acids is 1. The molecule has 126 valence electrons. The van der Waals surface area contributed by atoms with E-state index < -0.39 is 0 Å². The van der Waals surface area contributed by atoms with Crippen LogP contribution in [-0.2, 0) is 0 Å². The van der Waals surface area contributed by atoms with Crippen molar-refractivity contribution in [2.75, 3.05) is 23.3 Å². The minimum Gasteiger partial charge on any atom is -0.355 e. The summed E-state index contributed by atoms with van der Waals surface area (Å²) in [6.07, 6.45) is 4.92. The van der Waals surface area contributed by atoms with Gasteiger partial charge >= 0.3 is 0 Å². The quantitative estimate of drug-likeness (QED) is 0.856. The minimum atomic E-state index is -0.255. The number of halogens is 1. The number of amides is 1. The molecule has 1 aliphatic rings. The summed E-state index contributed by atoms with van der Waals surface area (Å²) in [5.41, 5.74) is 2.17. The van der Waals surface area contributed by atoms with E-state index in [4.69, 9.17) is 0 Å². The number of nitrogens with zero attached hydrogens (tertiary/aromatic N) is 3. The average Bonchev–Trinajstić information content (AvgIpc) is 2.87. The van der Waals surface area contributed by atoms with Crippen LogP contribution in [0.3, 0.4) is 0 Å². The lowest BCUT2D eigenvalue weighted by molar-refractivity contribution is 0.102. The molecule has 5 nitrogen and oxygen atoms in total. The van der Waals surface area contributed by atoms with Crippen molar-refractivity contribution in [2.45, 2.75) is 32.6 Å². The fourth-order valence-electron chi connectivity index (χ4n) is 2.82. The summed E-state index contributed by atoms with van der Waals surface area (Å²) < 4.78 is 0.852. The molecule has 1 saturated heterocycles. The van der Waals surface area contributed by atoms with E-state index in [-0.39, 0.29) is 5.91 Å². The van der Waals surface area contributed by atoms with E-state index in [0.29, 0.717) is 5.69 Å². The maximum atomic E-state index is 12.3. The van der Waals surface area contributed by atoms with Crippen molar-refractivity contribution in [3.63, 3.8) is 0 Å². The van der Waals surface area contributed by atoms with Gasteiger partial charge in [0.25, 0.3) is 5.91 Å². The Morgan fingerprint density at radius 1 is 1.08 bits per heavy atom. The molecule has 1 fully saturated rings. The number of hydrogen-bond acceptors (Lipinski definition) is 4. The van der Waals surface area contributed by atoms with Gasteiger partial charge < -0.3 is 10.2 Å². The van der Waals surface area contributed by atoms with Crippen molar-refractivity contribution < 1.29 is 4.79 Å². The second-order valence-corrected chi connectivity index (χ2v) is 6.97. The topological polar surface area (TPSA) is 58.1 Å². The molecule has 0 bridgehead atoms. The molecule has 0 aliphatic carbocycles. The van der Waals surface area contributed by atoms with E-state index in [0.717, 1.165) is 34.6 Å². The molecule has 3 rings (SSSR count). The lowest BCUT2D eigenvalue weighted by atomic mass is 10.2. The molecule has 0 unspecified atom stereocenters. The number of anilines is 2. The summed E-state index contributed by atoms with van der Waals surface area (Å²) >= 11 is 3.46. The standard InChI is InChI=1S/C18H21BrN4O/c1-13-6-7-15(14(19)12-13)20-18(24)16-8-9-17(22-21-16)23-10-4-2-3-5-11-23/h6-9,12H,2-5,10-11H2,1H3,(H,20,24). The van der Waals surface area contributed by atoms with Gasteiger partial charge in [0, 0.05) is 17.6 Å². The molecule has 0 spiro atoms. The van der Waals surface area contributed by atoms with E-state index in [9.17, 15) is 4.79 Å². The molecule has 0 atom stereocenters. The van der Waals surface area contributed by atoms with Crippen LogP contribution in [0.4, 0.5) is 11.5 Å². The van der Waals surface area contributed by atoms with Gasteiger partial charge in [0.05, 0.1) is 5.69 Å². The molecule has 0 saturated carbocycles. The second kappa shape index (κ2) is 7.75. The lowest BCUT2D eigenvalue weighted by Gasteiger charge is -2.20. The number of aromatic nitrogens is 2. The fourth-order valence-corrected chi connectivity index (χ4v) is 3.42. The maximum absolute atomic E-state index is 12.3. The van der Waals surface area contributed by atoms with E-state index in [1.807, 2.05) is 31.2 Å². The Morgan fingerprint density at radius 2 is 1.83 bits per heavy atom. The van der Waals surface area contributed by atoms with Crippen molar-refractivity contribution in [1.82, 2.24) is 10.2 Å². The van der Waals surface area contributed by atoms with Crippen LogP contribution in [-0.4, -0.2) is 29.2 Å². The highest BCUT2D eigenvalue weighted by Crippen LogP contribution is 2.24. The second-order valence-electron chi connectivity index (χ2n) is 6.12. The zero-order valence-corrected chi connectivity index (χ0v) is 15.3. The summed E-state index contributed by atoms with van der Waals surface area (Å²) in [6, 6.07) is 9.41. The van der Waals surface area contributed by atoms with E-state index in [1.54, 1.807) is 6.07 Å². The summed E-state index contributed by atoms with van der Waals surface area (Å²) in [7, 11) is 0. The first-order valence-electron chi connectivity index (χ1n) is 8.30. The Balaban J connectivity index is 1.69. The van der Waals surface area contributed by atoms with Crippen LogP contribution in [0.15, 0.2) is 34.8 Å². The summed E-state index contributed by atoms with van der Waals surface area (Å²) in [5.74, 6) is 0.597. The largest absolute Gasteiger partial charge is 0.355 e. The van der Waals surface area contributed by atoms with E-state index in [1.165, 1.54) is 25.7 Å². The van der Waals surface area contributed by atoms with Gasteiger partial charge in [-0.15, -0.1) is 10.2 Å². The molecule has 6 heteroatoms. The Kier molecular flexibility index (Phi) is 5.45. The van der Waals surface area contributed by atoms with Gasteiger partial charge in [0.2, 0.25) is 0 Å². The lowest BCUT2D eigenvalue weighted by Crippen LogP contribution is -2.25. The first-order chi connectivity index (χ1) is 11.6. The van der Waals surface area contributed by atoms with Gasteiger partial charge in [-0.2, -0.15) is 0 Å². The fraction of sp³-hybridized carbons (Fsp3) is 0.389. The predicted molar refractivity (Wildman–Crippen MR) is 99.5 cm³/mol. The highest BCUT2D eigenvalue weighted by atomic mass is 79.9. The molecular weight excluding hydrogens is 368 g/mol. The number of nitrogens with one attached hydrogen (secondary N) is 1. The Bertz CT molecular complexity index is 709. The van der Waals surface area contributed by atoms with Gasteiger partial charge in [-0.1, -0.05) is 18.9 Å². The number of aryl methyl sites for hydroxylation is 1. The number of rotatable bonds is 3. The predicted octanol–water partition coefficient (Wildman–Crippen LogP) is 4.18. The molecule has 1 N–H and O–H groups in total. The minimum absolute atomic E-state index is 0.255. The number of benzene rings is 1. The van der Waals surface area contributed by atoms with Gasteiger partial charge in [0.15, 0.2) is 11.5 Å². The monoisotopic (exact) mass is 388 g/mol. The Morgan fingerprint density at radius 3 is 2.46 bits per heavy atom. The zero-order chi connectivity index (χ0) is 16.9. The van der Waals surface area contributed by atoms with Gasteiger partial charge in [0.1, 0.15) is 0 Å². The normalized spacial score (nSPS) is 15.0. The van der Waals surface area contributed by atoms with Crippen LogP contribution in [0.1, 0.15) is 41.7 Å². The molecular formula is C18H21BrN4O. The maximum Gasteiger partial charge on any atom is 0.276 e. The smallest absolute Gasteiger partial charge is 0.276 e. The average molecular weight is 389 g/mol. The van der Waals surface area contributed by atoms with Crippen molar-refractivity contribution in [2.24, 2.45) is 0 Å². The van der Waals surface area contributed by atoms with Crippen LogP contribution in [0.5, 0.6) is 0 Å². The third-order valence-corrected chi connectivity index (χ3v) is 4.84.